The van der Waals surface area contributed by atoms with Crippen LogP contribution in [0.3, 0.4) is 0 Å². The molecule has 19 heavy (non-hydrogen) atoms. The second kappa shape index (κ2) is 5.81. The van der Waals surface area contributed by atoms with Gasteiger partial charge < -0.3 is 9.64 Å². The van der Waals surface area contributed by atoms with Crippen molar-refractivity contribution in [3.8, 4) is 0 Å². The molecule has 2 heterocycles. The average Bonchev–Trinajstić information content (AvgIpc) is 2.99. The quantitative estimate of drug-likeness (QED) is 0.571. The predicted molar refractivity (Wildman–Crippen MR) is 82.5 cm³/mol. The third kappa shape index (κ3) is 2.95. The standard InChI is InChI=1S/C13H18BrN3OS/c1-16(4-6-18-9-10-2-3-10)12-11(8-14)17-5-7-19-13(17)15-12/h5,7,10H,2-4,6,8-9H2,1H3. The van der Waals surface area contributed by atoms with Gasteiger partial charge in [0.2, 0.25) is 0 Å². The summed E-state index contributed by atoms with van der Waals surface area (Å²) in [5.74, 6) is 1.89. The highest BCUT2D eigenvalue weighted by molar-refractivity contribution is 9.08. The molecule has 0 aliphatic heterocycles. The molecule has 104 valence electrons. The predicted octanol–water partition coefficient (Wildman–Crippen LogP) is 3.15. The summed E-state index contributed by atoms with van der Waals surface area (Å²) in [6, 6.07) is 0. The number of anilines is 1. The number of thiazole rings is 1. The number of ether oxygens (including phenoxy) is 1. The number of fused-ring (bicyclic) bond motifs is 1. The van der Waals surface area contributed by atoms with E-state index in [0.29, 0.717) is 0 Å². The highest BCUT2D eigenvalue weighted by Crippen LogP contribution is 2.29. The van der Waals surface area contributed by atoms with Crippen LogP contribution >= 0.6 is 27.3 Å². The lowest BCUT2D eigenvalue weighted by Crippen LogP contribution is -2.24. The Bertz CT molecular complexity index is 549. The normalized spacial score (nSPS) is 15.3. The fourth-order valence-corrected chi connectivity index (χ4v) is 3.34. The number of nitrogens with zero attached hydrogens (tertiary/aromatic N) is 3. The van der Waals surface area contributed by atoms with Gasteiger partial charge in [0.15, 0.2) is 10.8 Å². The minimum Gasteiger partial charge on any atom is -0.379 e. The van der Waals surface area contributed by atoms with Crippen molar-refractivity contribution in [1.29, 1.82) is 0 Å². The van der Waals surface area contributed by atoms with Crippen LogP contribution in [0.25, 0.3) is 4.96 Å². The highest BCUT2D eigenvalue weighted by atomic mass is 79.9. The van der Waals surface area contributed by atoms with E-state index >= 15 is 0 Å². The molecule has 0 amide bonds. The summed E-state index contributed by atoms with van der Waals surface area (Å²) in [5.41, 5.74) is 1.21. The molecule has 0 N–H and O–H groups in total. The summed E-state index contributed by atoms with van der Waals surface area (Å²) in [6.07, 6.45) is 4.77. The number of likely N-dealkylation sites (N-methyl/N-ethyl adjacent to an activating group) is 1. The number of imidazole rings is 1. The van der Waals surface area contributed by atoms with E-state index in [1.54, 1.807) is 11.3 Å². The highest BCUT2D eigenvalue weighted by Gasteiger charge is 2.21. The van der Waals surface area contributed by atoms with Gasteiger partial charge in [-0.1, -0.05) is 15.9 Å². The monoisotopic (exact) mass is 343 g/mol. The van der Waals surface area contributed by atoms with Crippen LogP contribution in [0, 0.1) is 5.92 Å². The number of alkyl halides is 1. The Hall–Kier alpha value is -0.590. The van der Waals surface area contributed by atoms with Gasteiger partial charge in [0.25, 0.3) is 0 Å². The van der Waals surface area contributed by atoms with Gasteiger partial charge in [-0.05, 0) is 18.8 Å². The molecule has 0 radical (unpaired) electrons. The van der Waals surface area contributed by atoms with Crippen molar-refractivity contribution in [3.63, 3.8) is 0 Å². The molecule has 1 fully saturated rings. The van der Waals surface area contributed by atoms with E-state index in [0.717, 1.165) is 41.8 Å². The van der Waals surface area contributed by atoms with Gasteiger partial charge in [0, 0.05) is 37.1 Å². The minimum atomic E-state index is 0.778. The third-order valence-corrected chi connectivity index (χ3v) is 4.74. The molecule has 6 heteroatoms. The van der Waals surface area contributed by atoms with Crippen molar-refractivity contribution < 1.29 is 4.74 Å². The molecule has 1 aliphatic rings. The summed E-state index contributed by atoms with van der Waals surface area (Å²) in [5, 5.41) is 2.88. The van der Waals surface area contributed by atoms with Crippen molar-refractivity contribution in [2.24, 2.45) is 5.92 Å². The molecule has 2 aromatic rings. The van der Waals surface area contributed by atoms with E-state index < -0.39 is 0 Å². The van der Waals surface area contributed by atoms with E-state index in [2.05, 4.69) is 43.9 Å². The van der Waals surface area contributed by atoms with Gasteiger partial charge in [-0.3, -0.25) is 4.40 Å². The summed E-state index contributed by atoms with van der Waals surface area (Å²) in [7, 11) is 2.08. The topological polar surface area (TPSA) is 29.8 Å². The maximum atomic E-state index is 5.69. The first-order valence-electron chi connectivity index (χ1n) is 6.59. The lowest BCUT2D eigenvalue weighted by atomic mass is 10.4. The fraction of sp³-hybridized carbons (Fsp3) is 0.615. The van der Waals surface area contributed by atoms with E-state index in [9.17, 15) is 0 Å². The van der Waals surface area contributed by atoms with Crippen LogP contribution in [-0.4, -0.2) is 36.2 Å². The SMILES string of the molecule is CN(CCOCC1CC1)c1nc2sccn2c1CBr. The van der Waals surface area contributed by atoms with Crippen LogP contribution < -0.4 is 4.90 Å². The molecular formula is C13H18BrN3OS. The van der Waals surface area contributed by atoms with Gasteiger partial charge in [-0.15, -0.1) is 11.3 Å². The van der Waals surface area contributed by atoms with E-state index in [4.69, 9.17) is 9.72 Å². The molecule has 0 atom stereocenters. The molecule has 0 unspecified atom stereocenters. The maximum Gasteiger partial charge on any atom is 0.195 e. The van der Waals surface area contributed by atoms with Gasteiger partial charge in [-0.2, -0.15) is 0 Å². The number of halogens is 1. The summed E-state index contributed by atoms with van der Waals surface area (Å²) in [4.78, 5) is 7.93. The molecule has 0 aromatic carbocycles. The smallest absolute Gasteiger partial charge is 0.195 e. The van der Waals surface area contributed by atoms with Crippen molar-refractivity contribution in [1.82, 2.24) is 9.38 Å². The van der Waals surface area contributed by atoms with E-state index in [1.165, 1.54) is 18.5 Å². The Labute approximate surface area is 125 Å². The number of rotatable bonds is 7. The Morgan fingerprint density at radius 3 is 3.16 bits per heavy atom. The first kappa shape index (κ1) is 13.4. The maximum absolute atomic E-state index is 5.69. The lowest BCUT2D eigenvalue weighted by molar-refractivity contribution is 0.131. The number of hydrogen-bond donors (Lipinski definition) is 0. The van der Waals surface area contributed by atoms with Crippen LogP contribution in [0.2, 0.25) is 0 Å². The second-order valence-corrected chi connectivity index (χ2v) is 6.44. The van der Waals surface area contributed by atoms with E-state index in [-0.39, 0.29) is 0 Å². The molecule has 3 rings (SSSR count). The van der Waals surface area contributed by atoms with Gasteiger partial charge in [0.1, 0.15) is 0 Å². The van der Waals surface area contributed by atoms with Crippen LogP contribution in [0.5, 0.6) is 0 Å². The van der Waals surface area contributed by atoms with Crippen molar-refractivity contribution in [2.45, 2.75) is 18.2 Å². The third-order valence-electron chi connectivity index (χ3n) is 3.45. The van der Waals surface area contributed by atoms with E-state index in [1.807, 2.05) is 0 Å². The van der Waals surface area contributed by atoms with Crippen molar-refractivity contribution in [2.75, 3.05) is 31.7 Å². The summed E-state index contributed by atoms with van der Waals surface area (Å²) < 4.78 is 7.84. The zero-order valence-corrected chi connectivity index (χ0v) is 13.4. The van der Waals surface area contributed by atoms with Gasteiger partial charge >= 0.3 is 0 Å². The first-order valence-corrected chi connectivity index (χ1v) is 8.59. The minimum absolute atomic E-state index is 0.778. The zero-order valence-electron chi connectivity index (χ0n) is 11.0. The average molecular weight is 344 g/mol. The molecule has 4 nitrogen and oxygen atoms in total. The zero-order chi connectivity index (χ0) is 13.2. The Kier molecular flexibility index (Phi) is 4.10. The molecular weight excluding hydrogens is 326 g/mol. The Balaban J connectivity index is 1.62. The number of aromatic nitrogens is 2. The lowest BCUT2D eigenvalue weighted by Gasteiger charge is -2.17. The van der Waals surface area contributed by atoms with Gasteiger partial charge in [-0.25, -0.2) is 4.98 Å². The van der Waals surface area contributed by atoms with Crippen molar-refractivity contribution in [3.05, 3.63) is 17.3 Å². The molecule has 1 aliphatic carbocycles. The van der Waals surface area contributed by atoms with Gasteiger partial charge in [0.05, 0.1) is 12.3 Å². The van der Waals surface area contributed by atoms with Crippen LogP contribution in [0.1, 0.15) is 18.5 Å². The first-order chi connectivity index (χ1) is 9.29. The molecule has 0 bridgehead atoms. The summed E-state index contributed by atoms with van der Waals surface area (Å²) >= 11 is 5.23. The molecule has 1 saturated carbocycles. The Morgan fingerprint density at radius 1 is 1.58 bits per heavy atom. The fourth-order valence-electron chi connectivity index (χ4n) is 2.09. The van der Waals surface area contributed by atoms with Crippen LogP contribution in [-0.2, 0) is 10.1 Å². The molecule has 2 aromatic heterocycles. The molecule has 0 spiro atoms. The van der Waals surface area contributed by atoms with Crippen LogP contribution in [0.15, 0.2) is 11.6 Å². The second-order valence-electron chi connectivity index (χ2n) is 5.01. The largest absolute Gasteiger partial charge is 0.379 e. The number of hydrogen-bond acceptors (Lipinski definition) is 4. The Morgan fingerprint density at radius 2 is 2.42 bits per heavy atom. The summed E-state index contributed by atoms with van der Waals surface area (Å²) in [6.45, 7) is 2.59. The molecule has 0 saturated heterocycles. The van der Waals surface area contributed by atoms with Crippen molar-refractivity contribution >= 4 is 38.0 Å². The van der Waals surface area contributed by atoms with Crippen LogP contribution in [0.4, 0.5) is 5.82 Å².